The average Bonchev–Trinajstić information content (AvgIpc) is 2.79. The molecular formula is C16H13NO2. The normalized spacial score (nSPS) is 15.7. The van der Waals surface area contributed by atoms with Gasteiger partial charge in [0, 0.05) is 28.8 Å². The van der Waals surface area contributed by atoms with Gasteiger partial charge in [0.15, 0.2) is 6.29 Å². The molecule has 1 aliphatic rings. The van der Waals surface area contributed by atoms with Crippen molar-refractivity contribution in [2.75, 3.05) is 0 Å². The summed E-state index contributed by atoms with van der Waals surface area (Å²) >= 11 is 0. The third-order valence-corrected chi connectivity index (χ3v) is 3.69. The Morgan fingerprint density at radius 1 is 1.11 bits per heavy atom. The minimum absolute atomic E-state index is 0.256. The molecule has 1 atom stereocenters. The summed E-state index contributed by atoms with van der Waals surface area (Å²) in [6.45, 7) is 2.12. The van der Waals surface area contributed by atoms with Crippen LogP contribution in [-0.2, 0) is 0 Å². The number of rotatable bonds is 3. The molecule has 3 nitrogen and oxygen atoms in total. The molecule has 1 aromatic heterocycles. The molecule has 3 rings (SSSR count). The molecule has 0 saturated carbocycles. The number of aromatic nitrogens is 1. The number of fused-ring (bicyclic) bond motifs is 3. The molecule has 0 amide bonds. The molecule has 1 unspecified atom stereocenters. The summed E-state index contributed by atoms with van der Waals surface area (Å²) in [5.41, 5.74) is 5.43. The Labute approximate surface area is 111 Å². The minimum atomic E-state index is 0.256. The highest BCUT2D eigenvalue weighted by molar-refractivity contribution is 5.86. The first-order valence-electron chi connectivity index (χ1n) is 6.33. The van der Waals surface area contributed by atoms with Crippen LogP contribution in [0.5, 0.6) is 0 Å². The minimum Gasteiger partial charge on any atom is -0.298 e. The first-order valence-corrected chi connectivity index (χ1v) is 6.33. The van der Waals surface area contributed by atoms with E-state index in [9.17, 15) is 9.59 Å². The fourth-order valence-corrected chi connectivity index (χ4v) is 2.79. The van der Waals surface area contributed by atoms with E-state index in [1.54, 1.807) is 6.20 Å². The molecule has 94 valence electrons. The van der Waals surface area contributed by atoms with Crippen LogP contribution in [0.3, 0.4) is 0 Å². The molecule has 0 spiro atoms. The van der Waals surface area contributed by atoms with Gasteiger partial charge in [0.25, 0.3) is 0 Å². The molecule has 1 aliphatic carbocycles. The van der Waals surface area contributed by atoms with E-state index in [4.69, 9.17) is 0 Å². The van der Waals surface area contributed by atoms with Gasteiger partial charge in [-0.3, -0.25) is 14.6 Å². The number of hydrogen-bond donors (Lipinski definition) is 0. The zero-order valence-electron chi connectivity index (χ0n) is 10.6. The Morgan fingerprint density at radius 3 is 2.53 bits per heavy atom. The van der Waals surface area contributed by atoms with Gasteiger partial charge in [-0.15, -0.1) is 0 Å². The van der Waals surface area contributed by atoms with Crippen LogP contribution >= 0.6 is 0 Å². The van der Waals surface area contributed by atoms with Crippen molar-refractivity contribution in [1.82, 2.24) is 4.98 Å². The summed E-state index contributed by atoms with van der Waals surface area (Å²) in [5.74, 6) is 0.256. The molecule has 19 heavy (non-hydrogen) atoms. The molecule has 2 aromatic rings. The lowest BCUT2D eigenvalue weighted by atomic mass is 9.96. The highest BCUT2D eigenvalue weighted by Crippen LogP contribution is 2.45. The van der Waals surface area contributed by atoms with Crippen LogP contribution in [-0.4, -0.2) is 17.6 Å². The average molecular weight is 251 g/mol. The van der Waals surface area contributed by atoms with Gasteiger partial charge in [0.2, 0.25) is 0 Å². The zero-order valence-corrected chi connectivity index (χ0v) is 10.6. The largest absolute Gasteiger partial charge is 0.298 e. The Morgan fingerprint density at radius 2 is 1.84 bits per heavy atom. The van der Waals surface area contributed by atoms with Gasteiger partial charge < -0.3 is 0 Å². The lowest BCUT2D eigenvalue weighted by molar-refractivity contribution is 0.111. The number of nitrogens with zero attached hydrogens (tertiary/aromatic N) is 1. The molecule has 0 radical (unpaired) electrons. The van der Waals surface area contributed by atoms with Crippen molar-refractivity contribution in [2.45, 2.75) is 19.3 Å². The molecular weight excluding hydrogens is 238 g/mol. The van der Waals surface area contributed by atoms with Crippen molar-refractivity contribution in [1.29, 1.82) is 0 Å². The van der Waals surface area contributed by atoms with Gasteiger partial charge in [-0.05, 0) is 29.7 Å². The molecule has 0 bridgehead atoms. The Hall–Kier alpha value is -2.29. The van der Waals surface area contributed by atoms with E-state index >= 15 is 0 Å². The standard InChI is InChI=1S/C16H13NO2/c1-2-12-13-4-3-10(8-18)5-14(13)15-6-11(9-19)7-17-16(12)15/h3-9,12H,2H2,1H3. The first kappa shape index (κ1) is 11.8. The van der Waals surface area contributed by atoms with E-state index in [1.165, 1.54) is 5.56 Å². The zero-order chi connectivity index (χ0) is 13.4. The Bertz CT molecular complexity index is 619. The highest BCUT2D eigenvalue weighted by atomic mass is 16.1. The van der Waals surface area contributed by atoms with Crippen LogP contribution in [0, 0.1) is 0 Å². The summed E-state index contributed by atoms with van der Waals surface area (Å²) in [5, 5.41) is 0. The number of carbonyl (C=O) groups is 2. The highest BCUT2D eigenvalue weighted by Gasteiger charge is 2.29. The van der Waals surface area contributed by atoms with Crippen LogP contribution < -0.4 is 0 Å². The molecule has 1 heterocycles. The summed E-state index contributed by atoms with van der Waals surface area (Å²) < 4.78 is 0. The maximum atomic E-state index is 10.9. The fourth-order valence-electron chi connectivity index (χ4n) is 2.79. The number of carbonyl (C=O) groups excluding carboxylic acids is 2. The third-order valence-electron chi connectivity index (χ3n) is 3.69. The van der Waals surface area contributed by atoms with Crippen LogP contribution in [0.1, 0.15) is 51.2 Å². The van der Waals surface area contributed by atoms with Crippen molar-refractivity contribution in [3.05, 3.63) is 52.8 Å². The topological polar surface area (TPSA) is 47.0 Å². The SMILES string of the molecule is CCC1c2ccc(C=O)cc2-c2cc(C=O)cnc21. The second kappa shape index (κ2) is 4.43. The molecule has 0 fully saturated rings. The van der Waals surface area contributed by atoms with E-state index in [0.29, 0.717) is 11.1 Å². The fraction of sp³-hybridized carbons (Fsp3) is 0.188. The molecule has 0 saturated heterocycles. The third kappa shape index (κ3) is 1.70. The monoisotopic (exact) mass is 251 g/mol. The van der Waals surface area contributed by atoms with Gasteiger partial charge >= 0.3 is 0 Å². The number of hydrogen-bond acceptors (Lipinski definition) is 3. The number of benzene rings is 1. The summed E-state index contributed by atoms with van der Waals surface area (Å²) in [7, 11) is 0. The van der Waals surface area contributed by atoms with Crippen LogP contribution in [0.25, 0.3) is 11.1 Å². The van der Waals surface area contributed by atoms with Crippen molar-refractivity contribution in [3.8, 4) is 11.1 Å². The van der Waals surface area contributed by atoms with Crippen LogP contribution in [0.15, 0.2) is 30.5 Å². The smallest absolute Gasteiger partial charge is 0.151 e. The van der Waals surface area contributed by atoms with E-state index in [1.807, 2.05) is 24.3 Å². The maximum absolute atomic E-state index is 10.9. The van der Waals surface area contributed by atoms with Crippen molar-refractivity contribution in [2.24, 2.45) is 0 Å². The number of aldehydes is 2. The quantitative estimate of drug-likeness (QED) is 0.787. The van der Waals surface area contributed by atoms with Gasteiger partial charge in [-0.2, -0.15) is 0 Å². The van der Waals surface area contributed by atoms with Gasteiger partial charge in [0.05, 0.1) is 5.69 Å². The van der Waals surface area contributed by atoms with E-state index in [0.717, 1.165) is 35.8 Å². The molecule has 0 aliphatic heterocycles. The summed E-state index contributed by atoms with van der Waals surface area (Å²) in [4.78, 5) is 26.2. The second-order valence-electron chi connectivity index (χ2n) is 4.74. The van der Waals surface area contributed by atoms with E-state index in [-0.39, 0.29) is 5.92 Å². The van der Waals surface area contributed by atoms with Crippen LogP contribution in [0.2, 0.25) is 0 Å². The van der Waals surface area contributed by atoms with E-state index in [2.05, 4.69) is 11.9 Å². The van der Waals surface area contributed by atoms with Gasteiger partial charge in [-0.1, -0.05) is 19.1 Å². The van der Waals surface area contributed by atoms with Crippen molar-refractivity contribution < 1.29 is 9.59 Å². The Balaban J connectivity index is 2.28. The second-order valence-corrected chi connectivity index (χ2v) is 4.74. The van der Waals surface area contributed by atoms with Crippen molar-refractivity contribution >= 4 is 12.6 Å². The Kier molecular flexibility index (Phi) is 2.75. The van der Waals surface area contributed by atoms with Crippen LogP contribution in [0.4, 0.5) is 0 Å². The van der Waals surface area contributed by atoms with E-state index < -0.39 is 0 Å². The maximum Gasteiger partial charge on any atom is 0.151 e. The van der Waals surface area contributed by atoms with Crippen molar-refractivity contribution in [3.63, 3.8) is 0 Å². The molecule has 1 aromatic carbocycles. The predicted octanol–water partition coefficient (Wildman–Crippen LogP) is 3.23. The van der Waals surface area contributed by atoms with Gasteiger partial charge in [0.1, 0.15) is 6.29 Å². The predicted molar refractivity (Wildman–Crippen MR) is 72.6 cm³/mol. The summed E-state index contributed by atoms with van der Waals surface area (Å²) in [6, 6.07) is 7.57. The molecule has 0 N–H and O–H groups in total. The van der Waals surface area contributed by atoms with Gasteiger partial charge in [-0.25, -0.2) is 0 Å². The number of pyridine rings is 1. The molecule has 3 heteroatoms. The first-order chi connectivity index (χ1) is 9.28. The summed E-state index contributed by atoms with van der Waals surface area (Å²) in [6.07, 6.45) is 4.21. The lowest BCUT2D eigenvalue weighted by Gasteiger charge is -2.09. The lowest BCUT2D eigenvalue weighted by Crippen LogP contribution is -1.97.